The molecule has 2 aromatic carbocycles. The minimum atomic E-state index is -4.48. The van der Waals surface area contributed by atoms with Crippen molar-refractivity contribution < 1.29 is 42.1 Å². The number of nitrogens with zero attached hydrogens (tertiary/aromatic N) is 3. The van der Waals surface area contributed by atoms with Gasteiger partial charge in [-0.25, -0.2) is 18.7 Å². The number of nitrogens with one attached hydrogen (secondary N) is 1. The van der Waals surface area contributed by atoms with E-state index in [2.05, 4.69) is 11.9 Å². The summed E-state index contributed by atoms with van der Waals surface area (Å²) in [6.07, 6.45) is -0.0941. The van der Waals surface area contributed by atoms with Gasteiger partial charge in [-0.05, 0) is 61.3 Å². The zero-order valence-electron chi connectivity index (χ0n) is 37.1. The van der Waals surface area contributed by atoms with Crippen molar-refractivity contribution in [2.75, 3.05) is 19.0 Å². The molecular formula is C47H59F2N4O7PS. The van der Waals surface area contributed by atoms with Crippen LogP contribution in [0.3, 0.4) is 0 Å². The van der Waals surface area contributed by atoms with Crippen LogP contribution in [0.4, 0.5) is 13.9 Å². The molecule has 15 heteroatoms. The van der Waals surface area contributed by atoms with Crippen molar-refractivity contribution in [3.05, 3.63) is 77.7 Å². The van der Waals surface area contributed by atoms with Crippen LogP contribution in [0.5, 0.6) is 11.5 Å². The van der Waals surface area contributed by atoms with Gasteiger partial charge in [-0.15, -0.1) is 17.9 Å². The maximum atomic E-state index is 14.9. The van der Waals surface area contributed by atoms with Crippen molar-refractivity contribution in [2.24, 2.45) is 22.7 Å². The summed E-state index contributed by atoms with van der Waals surface area (Å²) in [6.45, 7) is 19.4. The monoisotopic (exact) mass is 892 g/mol. The van der Waals surface area contributed by atoms with Gasteiger partial charge in [0.15, 0.2) is 10.9 Å². The molecule has 3 heterocycles. The fourth-order valence-corrected chi connectivity index (χ4v) is 11.9. The van der Waals surface area contributed by atoms with E-state index in [1.807, 2.05) is 66.8 Å². The number of aromatic nitrogens is 2. The predicted octanol–water partition coefficient (Wildman–Crippen LogP) is 10.2. The molecule has 334 valence electrons. The number of thiazole rings is 1. The summed E-state index contributed by atoms with van der Waals surface area (Å²) >= 11 is 1.44. The Morgan fingerprint density at radius 3 is 2.37 bits per heavy atom. The third-order valence-electron chi connectivity index (χ3n) is 11.9. The number of amides is 1. The molecule has 2 aliphatic rings. The van der Waals surface area contributed by atoms with Crippen LogP contribution in [0, 0.1) is 34.3 Å². The molecule has 2 fully saturated rings. The smallest absolute Gasteiger partial charge is 0.227 e. The first kappa shape index (κ1) is 47.0. The van der Waals surface area contributed by atoms with E-state index in [4.69, 9.17) is 19.4 Å². The van der Waals surface area contributed by atoms with E-state index in [9.17, 15) is 32.6 Å². The van der Waals surface area contributed by atoms with Crippen LogP contribution in [0.15, 0.2) is 60.5 Å². The Balaban J connectivity index is 1.38. The van der Waals surface area contributed by atoms with Gasteiger partial charge in [0, 0.05) is 66.1 Å². The fraction of sp³-hybridized carbons (Fsp3) is 0.511. The number of halogens is 2. The number of carbonyl (C=O) groups excluding carboxylic acids is 3. The molecule has 1 unspecified atom stereocenters. The van der Waals surface area contributed by atoms with E-state index in [0.717, 1.165) is 17.3 Å². The van der Waals surface area contributed by atoms with Gasteiger partial charge >= 0.3 is 0 Å². The molecule has 1 saturated carbocycles. The number of ketones is 2. The molecule has 0 bridgehead atoms. The SMILES string of the molecule is C=C[C@@H]1C[C@]1(CC(=O)[C@@H]1C[C@@H](Oc2cc(-c3csc(NC(C)C)n3)nc3cc(OC)ccc23)CN1C(=O)[C@@H](CC(=O)CC(C)(C)C)C(C)(C)C)P(=O)(O)Cc1c(F)cccc1F. The molecule has 1 saturated heterocycles. The van der Waals surface area contributed by atoms with Crippen LogP contribution in [-0.2, 0) is 25.1 Å². The number of methoxy groups -OCH3 is 1. The third-order valence-corrected chi connectivity index (χ3v) is 15.5. The van der Waals surface area contributed by atoms with E-state index in [0.29, 0.717) is 33.8 Å². The van der Waals surface area contributed by atoms with Gasteiger partial charge in [0.05, 0.1) is 42.2 Å². The van der Waals surface area contributed by atoms with Crippen LogP contribution in [0.2, 0.25) is 0 Å². The highest BCUT2D eigenvalue weighted by atomic mass is 32.1. The number of fused-ring (bicyclic) bond motifs is 1. The lowest BCUT2D eigenvalue weighted by atomic mass is 9.75. The second-order valence-corrected chi connectivity index (χ2v) is 22.9. The van der Waals surface area contributed by atoms with Crippen LogP contribution >= 0.6 is 18.7 Å². The van der Waals surface area contributed by atoms with Gasteiger partial charge < -0.3 is 24.6 Å². The number of allylic oxidation sites excluding steroid dienone is 1. The number of benzene rings is 2. The first-order valence-corrected chi connectivity index (χ1v) is 23.8. The summed E-state index contributed by atoms with van der Waals surface area (Å²) in [5, 5.41) is 5.06. The van der Waals surface area contributed by atoms with E-state index >= 15 is 0 Å². The fourth-order valence-electron chi connectivity index (χ4n) is 8.53. The molecule has 11 nitrogen and oxygen atoms in total. The Kier molecular flexibility index (Phi) is 13.6. The molecule has 0 radical (unpaired) electrons. The first-order chi connectivity index (χ1) is 28.9. The molecule has 62 heavy (non-hydrogen) atoms. The predicted molar refractivity (Wildman–Crippen MR) is 240 cm³/mol. The maximum Gasteiger partial charge on any atom is 0.227 e. The molecule has 6 atom stereocenters. The quantitative estimate of drug-likeness (QED) is 0.0775. The van der Waals surface area contributed by atoms with Gasteiger partial charge in [-0.2, -0.15) is 0 Å². The van der Waals surface area contributed by atoms with Crippen LogP contribution in [-0.4, -0.2) is 74.2 Å². The lowest BCUT2D eigenvalue weighted by Crippen LogP contribution is -2.48. The van der Waals surface area contributed by atoms with Gasteiger partial charge in [-0.3, -0.25) is 18.9 Å². The van der Waals surface area contributed by atoms with Gasteiger partial charge in [-0.1, -0.05) is 53.7 Å². The molecule has 2 N–H and O–H groups in total. The van der Waals surface area contributed by atoms with Crippen molar-refractivity contribution in [2.45, 2.75) is 117 Å². The molecular weight excluding hydrogens is 834 g/mol. The van der Waals surface area contributed by atoms with Crippen LogP contribution in [0.1, 0.15) is 93.1 Å². The highest BCUT2D eigenvalue weighted by Crippen LogP contribution is 2.74. The normalized spacial score (nSPS) is 21.7. The van der Waals surface area contributed by atoms with E-state index in [1.165, 1.54) is 28.4 Å². The minimum Gasteiger partial charge on any atom is -0.497 e. The van der Waals surface area contributed by atoms with Gasteiger partial charge in [0.1, 0.15) is 40.7 Å². The summed E-state index contributed by atoms with van der Waals surface area (Å²) < 4.78 is 56.3. The zero-order chi connectivity index (χ0) is 45.5. The second-order valence-electron chi connectivity index (χ2n) is 19.5. The number of Topliss-reactive ketones (excluding diaryl/α,β-unsaturated/α-hetero) is 2. The lowest BCUT2D eigenvalue weighted by Gasteiger charge is -2.35. The number of likely N-dealkylation sites (tertiary alicyclic amines) is 1. The lowest BCUT2D eigenvalue weighted by molar-refractivity contribution is -0.146. The zero-order valence-corrected chi connectivity index (χ0v) is 38.8. The average molecular weight is 893 g/mol. The van der Waals surface area contributed by atoms with Gasteiger partial charge in [0.2, 0.25) is 13.3 Å². The highest BCUT2D eigenvalue weighted by molar-refractivity contribution is 7.59. The summed E-state index contributed by atoms with van der Waals surface area (Å²) in [5.74, 6) is -3.21. The average Bonchev–Trinajstić information content (AvgIpc) is 3.46. The Bertz CT molecular complexity index is 2390. The topological polar surface area (TPSA) is 148 Å². The Morgan fingerprint density at radius 1 is 1.08 bits per heavy atom. The molecule has 1 aliphatic carbocycles. The number of ether oxygens (including phenoxy) is 2. The van der Waals surface area contributed by atoms with E-state index < -0.39 is 83.4 Å². The molecule has 6 rings (SSSR count). The van der Waals surface area contributed by atoms with Crippen molar-refractivity contribution in [1.29, 1.82) is 0 Å². The molecule has 2 aromatic heterocycles. The summed E-state index contributed by atoms with van der Waals surface area (Å²) in [6, 6.07) is 9.48. The minimum absolute atomic E-state index is 0.0150. The van der Waals surface area contributed by atoms with Crippen molar-refractivity contribution in [3.8, 4) is 22.9 Å². The molecule has 1 amide bonds. The number of hydrogen-bond donors (Lipinski definition) is 2. The number of anilines is 1. The number of pyridine rings is 1. The molecule has 0 spiro atoms. The van der Waals surface area contributed by atoms with Crippen LogP contribution < -0.4 is 14.8 Å². The first-order valence-electron chi connectivity index (χ1n) is 21.1. The summed E-state index contributed by atoms with van der Waals surface area (Å²) in [4.78, 5) is 66.1. The van der Waals surface area contributed by atoms with Crippen molar-refractivity contribution in [1.82, 2.24) is 14.9 Å². The van der Waals surface area contributed by atoms with Gasteiger partial charge in [0.25, 0.3) is 0 Å². The summed E-state index contributed by atoms with van der Waals surface area (Å²) in [5.41, 5.74) is 0.216. The van der Waals surface area contributed by atoms with Crippen molar-refractivity contribution in [3.63, 3.8) is 0 Å². The standard InChI is InChI=1S/C47H59F2N4O7PS/c1-11-28-21-47(28,61(57,58)25-33-35(48)13-12-14-36(33)49)23-41(55)40-19-31(24-53(40)43(56)34(46(7,8)9)17-29(54)22-45(4,5)6)60-42-20-38(39-26-62-44(52-39)50-27(2)3)51-37-18-30(59-10)15-16-32(37)42/h11-16,18,20,26-28,31,34,40H,1,17,19,21-25H2,2-10H3,(H,50,52)(H,57,58)/t28-,31-,34-,40+,47-/m1/s1. The maximum absolute atomic E-state index is 14.9. The number of hydrogen-bond acceptors (Lipinski definition) is 10. The Hall–Kier alpha value is -4.52. The molecule has 1 aliphatic heterocycles. The third kappa shape index (κ3) is 10.3. The second kappa shape index (κ2) is 17.9. The summed E-state index contributed by atoms with van der Waals surface area (Å²) in [7, 11) is -2.92. The molecule has 4 aromatic rings. The Morgan fingerprint density at radius 2 is 1.77 bits per heavy atom. The van der Waals surface area contributed by atoms with E-state index in [-0.39, 0.29) is 49.5 Å². The number of rotatable bonds is 17. The van der Waals surface area contributed by atoms with Crippen molar-refractivity contribution >= 4 is 52.2 Å². The number of carbonyl (C=O) groups is 3. The van der Waals surface area contributed by atoms with Crippen LogP contribution in [0.25, 0.3) is 22.3 Å². The largest absolute Gasteiger partial charge is 0.497 e. The van der Waals surface area contributed by atoms with E-state index in [1.54, 1.807) is 25.3 Å². The Labute approximate surface area is 367 Å². The highest BCUT2D eigenvalue weighted by Gasteiger charge is 2.65.